The summed E-state index contributed by atoms with van der Waals surface area (Å²) in [5.74, 6) is 0.0512. The molecule has 0 N–H and O–H groups in total. The molecule has 0 saturated heterocycles. The number of hydrogen-bond donors (Lipinski definition) is 0. The lowest BCUT2D eigenvalue weighted by molar-refractivity contribution is -0.115. The van der Waals surface area contributed by atoms with Gasteiger partial charge in [-0.25, -0.2) is 4.98 Å². The lowest BCUT2D eigenvalue weighted by Crippen LogP contribution is -2.40. The Morgan fingerprint density at radius 3 is 2.07 bits per heavy atom. The molecule has 0 bridgehead atoms. The first kappa shape index (κ1) is 28.7. The van der Waals surface area contributed by atoms with Gasteiger partial charge in [-0.1, -0.05) is 117 Å². The molecular weight excluding hydrogens is 550 g/mol. The van der Waals surface area contributed by atoms with Gasteiger partial charge in [0, 0.05) is 28.9 Å². The SMILES string of the molecule is CCC1(C)Cc2ccccc2-c2nc(SCC(=O)N(c3ccccc3)c3ccccc3)n(CCc3ccccc3)c(=O)c21. The van der Waals surface area contributed by atoms with Crippen molar-refractivity contribution in [3.8, 4) is 11.3 Å². The molecule has 6 heteroatoms. The number of para-hydroxylation sites is 2. The molecule has 43 heavy (non-hydrogen) atoms. The zero-order chi connectivity index (χ0) is 29.8. The first-order chi connectivity index (χ1) is 21.0. The Labute approximate surface area is 257 Å². The van der Waals surface area contributed by atoms with Crippen LogP contribution in [0.1, 0.15) is 37.0 Å². The number of benzene rings is 4. The molecule has 4 aromatic carbocycles. The number of anilines is 2. The lowest BCUT2D eigenvalue weighted by Gasteiger charge is -2.36. The van der Waals surface area contributed by atoms with E-state index in [1.54, 1.807) is 9.47 Å². The Morgan fingerprint density at radius 1 is 0.860 bits per heavy atom. The zero-order valence-corrected chi connectivity index (χ0v) is 25.4. The van der Waals surface area contributed by atoms with Crippen LogP contribution >= 0.6 is 11.8 Å². The van der Waals surface area contributed by atoms with E-state index in [1.807, 2.05) is 84.9 Å². The molecule has 1 heterocycles. The van der Waals surface area contributed by atoms with E-state index in [1.165, 1.54) is 17.3 Å². The van der Waals surface area contributed by atoms with E-state index in [2.05, 4.69) is 44.2 Å². The van der Waals surface area contributed by atoms with Crippen molar-refractivity contribution in [2.24, 2.45) is 0 Å². The summed E-state index contributed by atoms with van der Waals surface area (Å²) in [4.78, 5) is 35.3. The predicted molar refractivity (Wildman–Crippen MR) is 176 cm³/mol. The van der Waals surface area contributed by atoms with Crippen LogP contribution in [0.4, 0.5) is 11.4 Å². The zero-order valence-electron chi connectivity index (χ0n) is 24.6. The van der Waals surface area contributed by atoms with Crippen molar-refractivity contribution >= 4 is 29.0 Å². The summed E-state index contributed by atoms with van der Waals surface area (Å²) in [6.07, 6.45) is 2.33. The molecule has 1 aromatic heterocycles. The van der Waals surface area contributed by atoms with E-state index < -0.39 is 0 Å². The Morgan fingerprint density at radius 2 is 1.44 bits per heavy atom. The minimum absolute atomic E-state index is 0.00212. The van der Waals surface area contributed by atoms with Crippen molar-refractivity contribution in [3.63, 3.8) is 0 Å². The maximum absolute atomic E-state index is 14.5. The van der Waals surface area contributed by atoms with Crippen LogP contribution in [0.3, 0.4) is 0 Å². The largest absolute Gasteiger partial charge is 0.287 e. The third-order valence-corrected chi connectivity index (χ3v) is 9.40. The number of hydrogen-bond acceptors (Lipinski definition) is 4. The van der Waals surface area contributed by atoms with Crippen molar-refractivity contribution < 1.29 is 4.79 Å². The predicted octanol–water partition coefficient (Wildman–Crippen LogP) is 7.83. The monoisotopic (exact) mass is 585 g/mol. The maximum Gasteiger partial charge on any atom is 0.258 e. The average molecular weight is 586 g/mol. The van der Waals surface area contributed by atoms with E-state index in [-0.39, 0.29) is 22.6 Å². The number of nitrogens with zero attached hydrogens (tertiary/aromatic N) is 3. The van der Waals surface area contributed by atoms with Gasteiger partial charge >= 0.3 is 0 Å². The van der Waals surface area contributed by atoms with Crippen LogP contribution in [0.5, 0.6) is 0 Å². The fourth-order valence-electron chi connectivity index (χ4n) is 5.96. The minimum atomic E-state index is -0.321. The normalized spacial score (nSPS) is 15.4. The van der Waals surface area contributed by atoms with Gasteiger partial charge in [0.25, 0.3) is 5.56 Å². The molecule has 0 saturated carbocycles. The highest BCUT2D eigenvalue weighted by molar-refractivity contribution is 7.99. The van der Waals surface area contributed by atoms with Crippen LogP contribution in [0, 0.1) is 0 Å². The maximum atomic E-state index is 14.5. The van der Waals surface area contributed by atoms with Gasteiger partial charge in [-0.15, -0.1) is 0 Å². The molecule has 0 radical (unpaired) electrons. The fourth-order valence-corrected chi connectivity index (χ4v) is 6.83. The van der Waals surface area contributed by atoms with Crippen LogP contribution in [-0.4, -0.2) is 21.2 Å². The van der Waals surface area contributed by atoms with Gasteiger partial charge < -0.3 is 0 Å². The van der Waals surface area contributed by atoms with Crippen molar-refractivity contribution in [2.45, 2.75) is 50.2 Å². The summed E-state index contributed by atoms with van der Waals surface area (Å²) in [6, 6.07) is 37.8. The number of fused-ring (bicyclic) bond motifs is 3. The average Bonchev–Trinajstić information content (AvgIpc) is 3.05. The van der Waals surface area contributed by atoms with Crippen LogP contribution in [0.15, 0.2) is 125 Å². The molecule has 1 aliphatic rings. The van der Waals surface area contributed by atoms with Gasteiger partial charge in [-0.2, -0.15) is 0 Å². The van der Waals surface area contributed by atoms with Gasteiger partial charge in [0.15, 0.2) is 5.16 Å². The Bertz CT molecular complexity index is 1750. The topological polar surface area (TPSA) is 55.2 Å². The highest BCUT2D eigenvalue weighted by Gasteiger charge is 2.38. The molecule has 1 amide bonds. The summed E-state index contributed by atoms with van der Waals surface area (Å²) < 4.78 is 1.81. The van der Waals surface area contributed by atoms with Crippen LogP contribution in [0.25, 0.3) is 11.3 Å². The van der Waals surface area contributed by atoms with Crippen LogP contribution in [0.2, 0.25) is 0 Å². The standard InChI is InChI=1S/C37H35N3O2S/c1-3-37(2)25-28-17-13-14-22-31(28)34-33(37)35(42)39(24-23-27-15-7-4-8-16-27)36(38-34)43-26-32(41)40(29-18-9-5-10-19-29)30-20-11-6-12-21-30/h4-22H,3,23-26H2,1-2H3. The van der Waals surface area contributed by atoms with E-state index in [0.717, 1.165) is 46.6 Å². The van der Waals surface area contributed by atoms with Gasteiger partial charge in [0.05, 0.1) is 17.0 Å². The number of thioether (sulfide) groups is 1. The van der Waals surface area contributed by atoms with Gasteiger partial charge in [0.1, 0.15) is 0 Å². The summed E-state index contributed by atoms with van der Waals surface area (Å²) in [7, 11) is 0. The molecule has 5 aromatic rings. The summed E-state index contributed by atoms with van der Waals surface area (Å²) >= 11 is 1.34. The smallest absolute Gasteiger partial charge is 0.258 e. The van der Waals surface area contributed by atoms with Crippen molar-refractivity contribution in [3.05, 3.63) is 142 Å². The van der Waals surface area contributed by atoms with E-state index >= 15 is 0 Å². The third-order valence-electron chi connectivity index (χ3n) is 8.44. The van der Waals surface area contributed by atoms with Crippen molar-refractivity contribution in [1.82, 2.24) is 9.55 Å². The number of carbonyl (C=O) groups is 1. The van der Waals surface area contributed by atoms with E-state index in [9.17, 15) is 9.59 Å². The first-order valence-electron chi connectivity index (χ1n) is 14.8. The Hall–Kier alpha value is -4.42. The molecule has 216 valence electrons. The molecule has 5 nitrogen and oxygen atoms in total. The number of aromatic nitrogens is 2. The number of amides is 1. The molecule has 1 atom stereocenters. The number of aryl methyl sites for hydroxylation is 1. The molecule has 1 aliphatic carbocycles. The second-order valence-electron chi connectivity index (χ2n) is 11.2. The van der Waals surface area contributed by atoms with Crippen LogP contribution < -0.4 is 10.5 Å². The van der Waals surface area contributed by atoms with E-state index in [0.29, 0.717) is 18.1 Å². The number of rotatable bonds is 9. The lowest BCUT2D eigenvalue weighted by atomic mass is 9.69. The second kappa shape index (κ2) is 12.4. The molecule has 0 aliphatic heterocycles. The highest BCUT2D eigenvalue weighted by atomic mass is 32.2. The van der Waals surface area contributed by atoms with E-state index in [4.69, 9.17) is 4.98 Å². The fraction of sp³-hybridized carbons (Fsp3) is 0.216. The summed E-state index contributed by atoms with van der Waals surface area (Å²) in [5.41, 5.74) is 6.19. The second-order valence-corrected chi connectivity index (χ2v) is 12.2. The van der Waals surface area contributed by atoms with Gasteiger partial charge in [0.2, 0.25) is 5.91 Å². The number of carbonyl (C=O) groups excluding carboxylic acids is 1. The van der Waals surface area contributed by atoms with Crippen molar-refractivity contribution in [1.29, 1.82) is 0 Å². The Kier molecular flexibility index (Phi) is 8.30. The summed E-state index contributed by atoms with van der Waals surface area (Å²) in [5, 5.41) is 0.573. The summed E-state index contributed by atoms with van der Waals surface area (Å²) in [6.45, 7) is 4.82. The molecule has 6 rings (SSSR count). The van der Waals surface area contributed by atoms with Gasteiger partial charge in [-0.05, 0) is 54.7 Å². The molecule has 0 fully saturated rings. The Balaban J connectivity index is 1.41. The first-order valence-corrected chi connectivity index (χ1v) is 15.8. The van der Waals surface area contributed by atoms with Gasteiger partial charge in [-0.3, -0.25) is 19.1 Å². The molecule has 1 unspecified atom stereocenters. The highest BCUT2D eigenvalue weighted by Crippen LogP contribution is 2.43. The van der Waals surface area contributed by atoms with Crippen LogP contribution in [-0.2, 0) is 29.6 Å². The molecule has 0 spiro atoms. The van der Waals surface area contributed by atoms with Crippen molar-refractivity contribution in [2.75, 3.05) is 10.7 Å². The third kappa shape index (κ3) is 5.80. The molecular formula is C37H35N3O2S. The minimum Gasteiger partial charge on any atom is -0.287 e. The quantitative estimate of drug-likeness (QED) is 0.131.